The molecule has 1 amide bonds. The second-order valence-electron chi connectivity index (χ2n) is 6.92. The highest BCUT2D eigenvalue weighted by molar-refractivity contribution is 7.91. The number of carbonyl (C=O) groups excluding carboxylic acids is 1. The highest BCUT2D eigenvalue weighted by Gasteiger charge is 2.33. The quantitative estimate of drug-likeness (QED) is 0.690. The minimum atomic E-state index is -3.43. The van der Waals surface area contributed by atoms with Crippen LogP contribution in [0.1, 0.15) is 23.2 Å². The van der Waals surface area contributed by atoms with Crippen LogP contribution < -0.4 is 0 Å². The standard InChI is InChI=1S/C22H21NO3S/c24-22(21-14-6-9-17-8-4-5-13-20(17)21)23-15-7-10-18(23)16-27(25,26)19-11-2-1-3-12-19/h1-6,8-9,11-14,18H,7,10,15-16H2. The monoisotopic (exact) mass is 379 g/mol. The highest BCUT2D eigenvalue weighted by Crippen LogP contribution is 2.26. The molecule has 1 heterocycles. The first-order valence-corrected chi connectivity index (χ1v) is 10.8. The number of likely N-dealkylation sites (tertiary alicyclic amines) is 1. The minimum absolute atomic E-state index is 0.0342. The van der Waals surface area contributed by atoms with Crippen LogP contribution in [0.3, 0.4) is 0 Å². The molecule has 0 spiro atoms. The van der Waals surface area contributed by atoms with Crippen LogP contribution in [0.15, 0.2) is 77.7 Å². The fourth-order valence-electron chi connectivity index (χ4n) is 3.82. The van der Waals surface area contributed by atoms with E-state index in [0.717, 1.165) is 17.2 Å². The molecular formula is C22H21NO3S. The summed E-state index contributed by atoms with van der Waals surface area (Å²) in [5.74, 6) is -0.120. The SMILES string of the molecule is O=C(c1cccc2ccccc12)N1CCCC1CS(=O)(=O)c1ccccc1. The number of rotatable bonds is 4. The normalized spacial score (nSPS) is 17.3. The van der Waals surface area contributed by atoms with Gasteiger partial charge in [-0.1, -0.05) is 54.6 Å². The number of nitrogens with zero attached hydrogens (tertiary/aromatic N) is 1. The summed E-state index contributed by atoms with van der Waals surface area (Å²) in [6.07, 6.45) is 1.54. The Morgan fingerprint density at radius 3 is 2.44 bits per heavy atom. The van der Waals surface area contributed by atoms with E-state index in [-0.39, 0.29) is 17.7 Å². The van der Waals surface area contributed by atoms with Gasteiger partial charge in [0.15, 0.2) is 9.84 Å². The van der Waals surface area contributed by atoms with Crippen molar-refractivity contribution in [2.45, 2.75) is 23.8 Å². The molecule has 3 aromatic rings. The summed E-state index contributed by atoms with van der Waals surface area (Å²) >= 11 is 0. The molecule has 0 bridgehead atoms. The lowest BCUT2D eigenvalue weighted by Gasteiger charge is -2.25. The van der Waals surface area contributed by atoms with Crippen molar-refractivity contribution in [2.24, 2.45) is 0 Å². The molecule has 0 N–H and O–H groups in total. The molecule has 1 unspecified atom stereocenters. The zero-order chi connectivity index (χ0) is 18.9. The fourth-order valence-corrected chi connectivity index (χ4v) is 5.44. The van der Waals surface area contributed by atoms with Crippen molar-refractivity contribution in [1.82, 2.24) is 4.90 Å². The summed E-state index contributed by atoms with van der Waals surface area (Å²) in [7, 11) is -3.43. The molecule has 0 aliphatic carbocycles. The maximum atomic E-state index is 13.2. The van der Waals surface area contributed by atoms with Gasteiger partial charge in [0.05, 0.1) is 10.6 Å². The maximum Gasteiger partial charge on any atom is 0.254 e. The fraction of sp³-hybridized carbons (Fsp3) is 0.227. The van der Waals surface area contributed by atoms with Gasteiger partial charge >= 0.3 is 0 Å². The van der Waals surface area contributed by atoms with E-state index in [2.05, 4.69) is 0 Å². The van der Waals surface area contributed by atoms with E-state index in [4.69, 9.17) is 0 Å². The molecule has 0 aromatic heterocycles. The molecule has 0 saturated carbocycles. The van der Waals surface area contributed by atoms with Crippen LogP contribution >= 0.6 is 0 Å². The molecule has 1 saturated heterocycles. The second-order valence-corrected chi connectivity index (χ2v) is 8.95. The van der Waals surface area contributed by atoms with Crippen molar-refractivity contribution >= 4 is 26.5 Å². The summed E-state index contributed by atoms with van der Waals surface area (Å²) < 4.78 is 25.5. The predicted molar refractivity (Wildman–Crippen MR) is 107 cm³/mol. The number of hydrogen-bond donors (Lipinski definition) is 0. The van der Waals surface area contributed by atoms with E-state index >= 15 is 0 Å². The van der Waals surface area contributed by atoms with Gasteiger partial charge in [-0.05, 0) is 41.8 Å². The maximum absolute atomic E-state index is 13.2. The van der Waals surface area contributed by atoms with Crippen LogP contribution in [-0.2, 0) is 9.84 Å². The number of sulfone groups is 1. The molecule has 1 aliphatic rings. The van der Waals surface area contributed by atoms with E-state index in [1.54, 1.807) is 35.2 Å². The van der Waals surface area contributed by atoms with Gasteiger partial charge in [-0.15, -0.1) is 0 Å². The van der Waals surface area contributed by atoms with Gasteiger partial charge in [0.2, 0.25) is 0 Å². The average Bonchev–Trinajstić information content (AvgIpc) is 3.15. The Hall–Kier alpha value is -2.66. The van der Waals surface area contributed by atoms with E-state index < -0.39 is 9.84 Å². The van der Waals surface area contributed by atoms with Crippen molar-refractivity contribution in [3.8, 4) is 0 Å². The van der Waals surface area contributed by atoms with Crippen molar-refractivity contribution in [3.63, 3.8) is 0 Å². The van der Waals surface area contributed by atoms with Gasteiger partial charge < -0.3 is 4.90 Å². The lowest BCUT2D eigenvalue weighted by atomic mass is 10.0. The van der Waals surface area contributed by atoms with Gasteiger partial charge in [-0.2, -0.15) is 0 Å². The molecule has 0 radical (unpaired) electrons. The van der Waals surface area contributed by atoms with Crippen molar-refractivity contribution in [3.05, 3.63) is 78.4 Å². The molecule has 27 heavy (non-hydrogen) atoms. The molecule has 1 atom stereocenters. The van der Waals surface area contributed by atoms with Crippen LogP contribution in [0.4, 0.5) is 0 Å². The summed E-state index contributed by atoms with van der Waals surface area (Å²) in [6.45, 7) is 0.594. The number of hydrogen-bond acceptors (Lipinski definition) is 3. The largest absolute Gasteiger partial charge is 0.335 e. The summed E-state index contributed by atoms with van der Waals surface area (Å²) in [5.41, 5.74) is 0.636. The number of fused-ring (bicyclic) bond motifs is 1. The van der Waals surface area contributed by atoms with Gasteiger partial charge in [0.1, 0.15) is 0 Å². The van der Waals surface area contributed by atoms with E-state index in [9.17, 15) is 13.2 Å². The molecular weight excluding hydrogens is 358 g/mol. The Balaban J connectivity index is 1.62. The third-order valence-electron chi connectivity index (χ3n) is 5.17. The first-order chi connectivity index (χ1) is 13.1. The second kappa shape index (κ2) is 7.16. The third-order valence-corrected chi connectivity index (χ3v) is 6.99. The Kier molecular flexibility index (Phi) is 4.70. The minimum Gasteiger partial charge on any atom is -0.335 e. The molecule has 1 fully saturated rings. The van der Waals surface area contributed by atoms with Crippen molar-refractivity contribution in [1.29, 1.82) is 0 Å². The Bertz CT molecular complexity index is 1070. The third kappa shape index (κ3) is 3.47. The first-order valence-electron chi connectivity index (χ1n) is 9.13. The van der Waals surface area contributed by atoms with Crippen LogP contribution in [0, 0.1) is 0 Å². The molecule has 4 nitrogen and oxygen atoms in total. The summed E-state index contributed by atoms with van der Waals surface area (Å²) in [6, 6.07) is 21.6. The van der Waals surface area contributed by atoms with E-state index in [1.807, 2.05) is 42.5 Å². The lowest BCUT2D eigenvalue weighted by Crippen LogP contribution is -2.39. The van der Waals surface area contributed by atoms with Crippen LogP contribution in [0.25, 0.3) is 10.8 Å². The number of carbonyl (C=O) groups is 1. The zero-order valence-corrected chi connectivity index (χ0v) is 15.7. The van der Waals surface area contributed by atoms with Crippen LogP contribution in [0.2, 0.25) is 0 Å². The van der Waals surface area contributed by atoms with Gasteiger partial charge in [-0.25, -0.2) is 8.42 Å². The number of amides is 1. The van der Waals surface area contributed by atoms with Gasteiger partial charge in [0, 0.05) is 18.2 Å². The summed E-state index contributed by atoms with van der Waals surface area (Å²) in [5, 5.41) is 1.91. The van der Waals surface area contributed by atoms with Gasteiger partial charge in [-0.3, -0.25) is 4.79 Å². The van der Waals surface area contributed by atoms with Gasteiger partial charge in [0.25, 0.3) is 5.91 Å². The highest BCUT2D eigenvalue weighted by atomic mass is 32.2. The molecule has 138 valence electrons. The zero-order valence-electron chi connectivity index (χ0n) is 14.9. The molecule has 1 aliphatic heterocycles. The van der Waals surface area contributed by atoms with Crippen LogP contribution in [-0.4, -0.2) is 37.6 Å². The van der Waals surface area contributed by atoms with E-state index in [0.29, 0.717) is 23.4 Å². The van der Waals surface area contributed by atoms with Crippen LogP contribution in [0.5, 0.6) is 0 Å². The lowest BCUT2D eigenvalue weighted by molar-refractivity contribution is 0.0751. The number of benzene rings is 3. The topological polar surface area (TPSA) is 54.5 Å². The average molecular weight is 379 g/mol. The Morgan fingerprint density at radius 1 is 0.926 bits per heavy atom. The smallest absolute Gasteiger partial charge is 0.254 e. The predicted octanol–water partition coefficient (Wildman–Crippen LogP) is 3.92. The summed E-state index contributed by atoms with van der Waals surface area (Å²) in [4.78, 5) is 15.3. The van der Waals surface area contributed by atoms with Crippen molar-refractivity contribution < 1.29 is 13.2 Å². The first kappa shape index (κ1) is 17.7. The Morgan fingerprint density at radius 2 is 1.63 bits per heavy atom. The molecule has 3 aromatic carbocycles. The molecule has 4 rings (SSSR count). The molecule has 5 heteroatoms. The Labute approximate surface area is 159 Å². The van der Waals surface area contributed by atoms with Crippen molar-refractivity contribution in [2.75, 3.05) is 12.3 Å². The van der Waals surface area contributed by atoms with E-state index in [1.165, 1.54) is 0 Å².